The number of rotatable bonds is 1. The molecule has 0 atom stereocenters. The van der Waals surface area contributed by atoms with Gasteiger partial charge in [-0.1, -0.05) is 96.6 Å². The number of fused-ring (bicyclic) bond motifs is 14. The molecule has 3 nitrogen and oxygen atoms in total. The second-order valence-corrected chi connectivity index (χ2v) is 14.2. The largest absolute Gasteiger partial charge is 0.456 e. The van der Waals surface area contributed by atoms with Crippen LogP contribution < -0.4 is 10.9 Å². The van der Waals surface area contributed by atoms with Gasteiger partial charge in [0.25, 0.3) is 0 Å². The maximum Gasteiger partial charge on any atom is 0.333 e. The van der Waals surface area contributed by atoms with Gasteiger partial charge in [-0.25, -0.2) is 0 Å². The Hall–Kier alpha value is -6.00. The average molecular weight is 625 g/mol. The van der Waals surface area contributed by atoms with Gasteiger partial charge in [0.1, 0.15) is 11.2 Å². The summed E-state index contributed by atoms with van der Waals surface area (Å²) in [4.78, 5) is 0. The topological polar surface area (TPSA) is 23.0 Å². The van der Waals surface area contributed by atoms with Gasteiger partial charge in [0.15, 0.2) is 0 Å². The molecule has 2 aliphatic heterocycles. The van der Waals surface area contributed by atoms with Crippen molar-refractivity contribution < 1.29 is 4.42 Å². The monoisotopic (exact) mass is 624 g/mol. The van der Waals surface area contributed by atoms with Crippen LogP contribution in [-0.2, 0) is 0 Å². The summed E-state index contributed by atoms with van der Waals surface area (Å²) in [7, 11) is 0. The highest BCUT2D eigenvalue weighted by molar-refractivity contribution is 6.90. The Bertz CT molecular complexity index is 3130. The molecular formula is C45H29BN2O. The minimum absolute atomic E-state index is 0.0157. The van der Waals surface area contributed by atoms with Crippen LogP contribution in [0.3, 0.4) is 0 Å². The quantitative estimate of drug-likeness (QED) is 0.167. The van der Waals surface area contributed by atoms with E-state index in [2.05, 4.69) is 151 Å². The lowest BCUT2D eigenvalue weighted by atomic mass is 9.45. The number of hydrogen-bond donors (Lipinski definition) is 0. The fourth-order valence-electron chi connectivity index (χ4n) is 9.91. The summed E-state index contributed by atoms with van der Waals surface area (Å²) in [6.07, 6.45) is 0. The van der Waals surface area contributed by atoms with Gasteiger partial charge in [-0.3, -0.25) is 0 Å². The van der Waals surface area contributed by atoms with Crippen LogP contribution in [0.2, 0.25) is 0 Å². The lowest BCUT2D eigenvalue weighted by Crippen LogP contribution is -2.55. The van der Waals surface area contributed by atoms with Gasteiger partial charge >= 0.3 is 6.85 Å². The van der Waals surface area contributed by atoms with E-state index in [0.29, 0.717) is 0 Å². The summed E-state index contributed by atoms with van der Waals surface area (Å²) >= 11 is 0. The molecule has 0 N–H and O–H groups in total. The number of para-hydroxylation sites is 4. The van der Waals surface area contributed by atoms with Crippen molar-refractivity contribution in [3.63, 3.8) is 0 Å². The molecule has 7 aromatic carbocycles. The Labute approximate surface area is 282 Å². The Kier molecular flexibility index (Phi) is 4.63. The van der Waals surface area contributed by atoms with E-state index in [-0.39, 0.29) is 6.85 Å². The molecule has 0 unspecified atom stereocenters. The van der Waals surface area contributed by atoms with E-state index in [1.165, 1.54) is 105 Å². The standard InChI is InChI=1S/C45H29BN2O/c1-24-20-25(2)40(26(3)21-24)27-18-19-36-33(22-27)30-14-9-15-35-44(30)47(36)45-41-32-11-5-7-17-38(32)49-39(41)23-34-31-13-8-12-29-28-10-4-6-16-37(28)48(43(29)31)46(35)42(34)45/h4-23H,1-3H3. The first-order chi connectivity index (χ1) is 24.1. The smallest absolute Gasteiger partial charge is 0.333 e. The second-order valence-electron chi connectivity index (χ2n) is 14.2. The summed E-state index contributed by atoms with van der Waals surface area (Å²) in [6, 6.07) is 45.4. The maximum atomic E-state index is 6.73. The van der Waals surface area contributed by atoms with Gasteiger partial charge in [0.05, 0.1) is 22.1 Å². The highest BCUT2D eigenvalue weighted by Crippen LogP contribution is 2.47. The predicted molar refractivity (Wildman–Crippen MR) is 207 cm³/mol. The molecule has 0 fully saturated rings. The van der Waals surface area contributed by atoms with E-state index < -0.39 is 0 Å². The summed E-state index contributed by atoms with van der Waals surface area (Å²) in [5.74, 6) is 0. The first kappa shape index (κ1) is 26.0. The van der Waals surface area contributed by atoms with Gasteiger partial charge in [-0.2, -0.15) is 0 Å². The normalized spacial score (nSPS) is 13.2. The molecule has 228 valence electrons. The number of nitrogens with zero attached hydrogens (tertiary/aromatic N) is 2. The zero-order valence-electron chi connectivity index (χ0n) is 27.4. The molecule has 3 aromatic heterocycles. The molecule has 2 aliphatic rings. The number of furan rings is 1. The first-order valence-corrected chi connectivity index (χ1v) is 17.2. The third kappa shape index (κ3) is 3.03. The van der Waals surface area contributed by atoms with Crippen LogP contribution in [0.5, 0.6) is 0 Å². The van der Waals surface area contributed by atoms with Crippen molar-refractivity contribution in [1.29, 1.82) is 0 Å². The Morgan fingerprint density at radius 1 is 0.551 bits per heavy atom. The van der Waals surface area contributed by atoms with E-state index >= 15 is 0 Å². The van der Waals surface area contributed by atoms with Crippen LogP contribution in [0.25, 0.3) is 93.5 Å². The van der Waals surface area contributed by atoms with E-state index in [4.69, 9.17) is 4.42 Å². The maximum absolute atomic E-state index is 6.73. The lowest BCUT2D eigenvalue weighted by molar-refractivity contribution is 0.669. The van der Waals surface area contributed by atoms with E-state index in [1.807, 2.05) is 0 Å². The van der Waals surface area contributed by atoms with Crippen LogP contribution in [-0.4, -0.2) is 15.9 Å². The van der Waals surface area contributed by atoms with Gasteiger partial charge in [-0.15, -0.1) is 0 Å². The molecule has 0 spiro atoms. The fourth-order valence-corrected chi connectivity index (χ4v) is 9.91. The second kappa shape index (κ2) is 8.72. The van der Waals surface area contributed by atoms with Crippen molar-refractivity contribution in [3.8, 4) is 27.9 Å². The highest BCUT2D eigenvalue weighted by atomic mass is 16.3. The SMILES string of the molecule is Cc1cc(C)c(-c2ccc3c(c2)c2cccc4c2n3-c2c3c(cc5oc6ccccc6c25)-c2cccc5c6ccccc6n(c25)B34)c(C)c1. The molecule has 0 saturated carbocycles. The minimum Gasteiger partial charge on any atom is -0.456 e. The number of aromatic nitrogens is 2. The molecule has 0 amide bonds. The number of aryl methyl sites for hydroxylation is 3. The summed E-state index contributed by atoms with van der Waals surface area (Å²) < 4.78 is 11.9. The fraction of sp³-hybridized carbons (Fsp3) is 0.0667. The third-order valence-corrected chi connectivity index (χ3v) is 11.5. The van der Waals surface area contributed by atoms with Crippen molar-refractivity contribution >= 4 is 83.3 Å². The third-order valence-electron chi connectivity index (χ3n) is 11.5. The van der Waals surface area contributed by atoms with E-state index in [0.717, 1.165) is 16.6 Å². The molecule has 49 heavy (non-hydrogen) atoms. The zero-order chi connectivity index (χ0) is 32.3. The van der Waals surface area contributed by atoms with Crippen molar-refractivity contribution in [2.45, 2.75) is 20.8 Å². The lowest BCUT2D eigenvalue weighted by Gasteiger charge is -2.34. The van der Waals surface area contributed by atoms with Crippen LogP contribution in [0, 0.1) is 20.8 Å². The molecule has 12 rings (SSSR count). The molecule has 0 bridgehead atoms. The van der Waals surface area contributed by atoms with Gasteiger partial charge < -0.3 is 13.5 Å². The van der Waals surface area contributed by atoms with Crippen molar-refractivity contribution in [1.82, 2.24) is 9.05 Å². The van der Waals surface area contributed by atoms with E-state index in [9.17, 15) is 0 Å². The van der Waals surface area contributed by atoms with Crippen molar-refractivity contribution in [2.24, 2.45) is 0 Å². The summed E-state index contributed by atoms with van der Waals surface area (Å²) in [5.41, 5.74) is 20.0. The van der Waals surface area contributed by atoms with Gasteiger partial charge in [0, 0.05) is 43.5 Å². The predicted octanol–water partition coefficient (Wildman–Crippen LogP) is 10.3. The summed E-state index contributed by atoms with van der Waals surface area (Å²) in [6.45, 7) is 6.69. The molecule has 5 heterocycles. The van der Waals surface area contributed by atoms with Crippen LogP contribution in [0.15, 0.2) is 126 Å². The highest BCUT2D eigenvalue weighted by Gasteiger charge is 2.42. The Morgan fingerprint density at radius 3 is 2.14 bits per heavy atom. The molecule has 10 aromatic rings. The molecular weight excluding hydrogens is 595 g/mol. The van der Waals surface area contributed by atoms with Gasteiger partial charge in [0.2, 0.25) is 0 Å². The molecule has 0 saturated heterocycles. The van der Waals surface area contributed by atoms with Crippen LogP contribution in [0.4, 0.5) is 0 Å². The summed E-state index contributed by atoms with van der Waals surface area (Å²) in [5, 5.41) is 7.53. The molecule has 0 radical (unpaired) electrons. The average Bonchev–Trinajstić information content (AvgIpc) is 3.76. The number of hydrogen-bond acceptors (Lipinski definition) is 1. The first-order valence-electron chi connectivity index (χ1n) is 17.2. The zero-order valence-corrected chi connectivity index (χ0v) is 27.4. The van der Waals surface area contributed by atoms with Crippen molar-refractivity contribution in [3.05, 3.63) is 138 Å². The molecule has 0 aliphatic carbocycles. The minimum atomic E-state index is 0.0157. The van der Waals surface area contributed by atoms with E-state index in [1.54, 1.807) is 0 Å². The molecule has 4 heteroatoms. The number of benzene rings is 7. The van der Waals surface area contributed by atoms with Gasteiger partial charge in [-0.05, 0) is 89.8 Å². The Morgan fingerprint density at radius 2 is 1.29 bits per heavy atom. The Balaban J connectivity index is 1.31. The van der Waals surface area contributed by atoms with Crippen LogP contribution in [0.1, 0.15) is 16.7 Å². The van der Waals surface area contributed by atoms with Crippen molar-refractivity contribution in [2.75, 3.05) is 0 Å². The van der Waals surface area contributed by atoms with Crippen LogP contribution >= 0.6 is 0 Å².